The summed E-state index contributed by atoms with van der Waals surface area (Å²) in [6, 6.07) is 5.46. The van der Waals surface area contributed by atoms with Gasteiger partial charge in [-0.3, -0.25) is 0 Å². The molecular formula is C13H14FNO3S. The molecule has 0 saturated carbocycles. The summed E-state index contributed by atoms with van der Waals surface area (Å²) in [5.41, 5.74) is 1.09. The highest BCUT2D eigenvalue weighted by Crippen LogP contribution is 2.21. The summed E-state index contributed by atoms with van der Waals surface area (Å²) in [6.45, 7) is 2.17. The average molecular weight is 283 g/mol. The van der Waals surface area contributed by atoms with Crippen LogP contribution in [0.2, 0.25) is 0 Å². The second-order valence-electron chi connectivity index (χ2n) is 4.29. The predicted octanol–water partition coefficient (Wildman–Crippen LogP) is 2.74. The standard InChI is InChI=1S/C13H14FNO3S/c1-9-5-6-18-13(9)8-15-12-7-10(19(2,16)17)3-4-11(12)14/h3-7,15H,8H2,1-2H3. The molecule has 102 valence electrons. The molecule has 0 bridgehead atoms. The summed E-state index contributed by atoms with van der Waals surface area (Å²) in [4.78, 5) is 0.0765. The van der Waals surface area contributed by atoms with Crippen molar-refractivity contribution < 1.29 is 17.2 Å². The molecule has 1 N–H and O–H groups in total. The van der Waals surface area contributed by atoms with E-state index in [1.807, 2.05) is 6.92 Å². The van der Waals surface area contributed by atoms with Gasteiger partial charge in [-0.25, -0.2) is 12.8 Å². The second-order valence-corrected chi connectivity index (χ2v) is 6.31. The van der Waals surface area contributed by atoms with E-state index >= 15 is 0 Å². The van der Waals surface area contributed by atoms with Crippen LogP contribution >= 0.6 is 0 Å². The van der Waals surface area contributed by atoms with E-state index in [2.05, 4.69) is 5.32 Å². The molecular weight excluding hydrogens is 269 g/mol. The first kappa shape index (κ1) is 13.6. The number of nitrogens with one attached hydrogen (secondary N) is 1. The van der Waals surface area contributed by atoms with Crippen LogP contribution in [0.4, 0.5) is 10.1 Å². The van der Waals surface area contributed by atoms with Gasteiger partial charge in [0.1, 0.15) is 11.6 Å². The number of rotatable bonds is 4. The second kappa shape index (κ2) is 5.05. The Hall–Kier alpha value is -1.82. The molecule has 4 nitrogen and oxygen atoms in total. The van der Waals surface area contributed by atoms with Crippen LogP contribution in [0, 0.1) is 12.7 Å². The largest absolute Gasteiger partial charge is 0.467 e. The molecule has 0 amide bonds. The average Bonchev–Trinajstić information content (AvgIpc) is 2.72. The molecule has 1 aromatic heterocycles. The van der Waals surface area contributed by atoms with Gasteiger partial charge in [-0.2, -0.15) is 0 Å². The van der Waals surface area contributed by atoms with E-state index in [9.17, 15) is 12.8 Å². The Balaban J connectivity index is 2.23. The van der Waals surface area contributed by atoms with Crippen molar-refractivity contribution in [1.29, 1.82) is 0 Å². The molecule has 0 atom stereocenters. The lowest BCUT2D eigenvalue weighted by Gasteiger charge is -2.08. The maximum atomic E-state index is 13.6. The van der Waals surface area contributed by atoms with Crippen LogP contribution in [0.5, 0.6) is 0 Å². The molecule has 2 aromatic rings. The van der Waals surface area contributed by atoms with Crippen molar-refractivity contribution in [1.82, 2.24) is 0 Å². The Morgan fingerprint density at radius 3 is 2.63 bits per heavy atom. The minimum atomic E-state index is -3.35. The Labute approximate surface area is 111 Å². The van der Waals surface area contributed by atoms with Crippen molar-refractivity contribution in [3.05, 3.63) is 47.7 Å². The Morgan fingerprint density at radius 1 is 1.32 bits per heavy atom. The molecule has 0 saturated heterocycles. The molecule has 19 heavy (non-hydrogen) atoms. The van der Waals surface area contributed by atoms with Crippen molar-refractivity contribution in [3.63, 3.8) is 0 Å². The highest BCUT2D eigenvalue weighted by Gasteiger charge is 2.11. The first-order valence-corrected chi connectivity index (χ1v) is 7.53. The van der Waals surface area contributed by atoms with Gasteiger partial charge in [0.2, 0.25) is 0 Å². The normalized spacial score (nSPS) is 11.5. The monoisotopic (exact) mass is 283 g/mol. The van der Waals surface area contributed by atoms with E-state index in [-0.39, 0.29) is 10.6 Å². The smallest absolute Gasteiger partial charge is 0.175 e. The van der Waals surface area contributed by atoms with Crippen LogP contribution < -0.4 is 5.32 Å². The molecule has 1 aromatic carbocycles. The van der Waals surface area contributed by atoms with Gasteiger partial charge >= 0.3 is 0 Å². The highest BCUT2D eigenvalue weighted by atomic mass is 32.2. The predicted molar refractivity (Wildman–Crippen MR) is 70.3 cm³/mol. The van der Waals surface area contributed by atoms with Crippen LogP contribution in [-0.2, 0) is 16.4 Å². The maximum Gasteiger partial charge on any atom is 0.175 e. The zero-order chi connectivity index (χ0) is 14.0. The SMILES string of the molecule is Cc1ccoc1CNc1cc(S(C)(=O)=O)ccc1F. The van der Waals surface area contributed by atoms with Gasteiger partial charge in [-0.05, 0) is 36.8 Å². The lowest BCUT2D eigenvalue weighted by Crippen LogP contribution is -2.04. The minimum absolute atomic E-state index is 0.0765. The summed E-state index contributed by atoms with van der Waals surface area (Å²) in [6.07, 6.45) is 2.64. The van der Waals surface area contributed by atoms with E-state index in [4.69, 9.17) is 4.42 Å². The zero-order valence-corrected chi connectivity index (χ0v) is 11.4. The van der Waals surface area contributed by atoms with E-state index in [1.165, 1.54) is 12.1 Å². The third-order valence-electron chi connectivity index (χ3n) is 2.77. The van der Waals surface area contributed by atoms with Gasteiger partial charge in [0.15, 0.2) is 9.84 Å². The highest BCUT2D eigenvalue weighted by molar-refractivity contribution is 7.90. The molecule has 6 heteroatoms. The van der Waals surface area contributed by atoms with Gasteiger partial charge in [0.25, 0.3) is 0 Å². The van der Waals surface area contributed by atoms with E-state index in [0.29, 0.717) is 12.3 Å². The Kier molecular flexibility index (Phi) is 3.61. The van der Waals surface area contributed by atoms with Gasteiger partial charge in [0.05, 0.1) is 23.4 Å². The van der Waals surface area contributed by atoms with E-state index < -0.39 is 15.7 Å². The first-order chi connectivity index (χ1) is 8.88. The van der Waals surface area contributed by atoms with Crippen molar-refractivity contribution in [3.8, 4) is 0 Å². The number of halogens is 1. The van der Waals surface area contributed by atoms with Gasteiger partial charge in [0, 0.05) is 6.26 Å². The summed E-state index contributed by atoms with van der Waals surface area (Å²) in [7, 11) is -3.35. The van der Waals surface area contributed by atoms with E-state index in [1.54, 1.807) is 12.3 Å². The van der Waals surface area contributed by atoms with Crippen molar-refractivity contribution in [2.24, 2.45) is 0 Å². The van der Waals surface area contributed by atoms with E-state index in [0.717, 1.165) is 17.9 Å². The van der Waals surface area contributed by atoms with Crippen LogP contribution in [0.15, 0.2) is 39.8 Å². The number of hydrogen-bond acceptors (Lipinski definition) is 4. The number of benzene rings is 1. The number of sulfone groups is 1. The fourth-order valence-electron chi connectivity index (χ4n) is 1.63. The molecule has 0 radical (unpaired) electrons. The lowest BCUT2D eigenvalue weighted by molar-refractivity contribution is 0.514. The Morgan fingerprint density at radius 2 is 2.05 bits per heavy atom. The maximum absolute atomic E-state index is 13.6. The topological polar surface area (TPSA) is 59.3 Å². The van der Waals surface area contributed by atoms with Crippen LogP contribution in [0.25, 0.3) is 0 Å². The summed E-state index contributed by atoms with van der Waals surface area (Å²) >= 11 is 0. The van der Waals surface area contributed by atoms with Gasteiger partial charge in [-0.1, -0.05) is 0 Å². The number of aryl methyl sites for hydroxylation is 1. The number of hydrogen-bond donors (Lipinski definition) is 1. The number of anilines is 1. The summed E-state index contributed by atoms with van der Waals surface area (Å²) < 4.78 is 41.6. The molecule has 0 fully saturated rings. The molecule has 1 heterocycles. The number of furan rings is 1. The fraction of sp³-hybridized carbons (Fsp3) is 0.231. The summed E-state index contributed by atoms with van der Waals surface area (Å²) in [5, 5.41) is 2.84. The minimum Gasteiger partial charge on any atom is -0.467 e. The third-order valence-corrected chi connectivity index (χ3v) is 3.88. The van der Waals surface area contributed by atoms with Crippen LogP contribution in [-0.4, -0.2) is 14.7 Å². The molecule has 0 unspecified atom stereocenters. The van der Waals surface area contributed by atoms with Crippen molar-refractivity contribution in [2.75, 3.05) is 11.6 Å². The molecule has 2 rings (SSSR count). The molecule has 0 aliphatic rings. The van der Waals surface area contributed by atoms with Gasteiger partial charge < -0.3 is 9.73 Å². The molecule has 0 spiro atoms. The van der Waals surface area contributed by atoms with Gasteiger partial charge in [-0.15, -0.1) is 0 Å². The lowest BCUT2D eigenvalue weighted by atomic mass is 10.2. The van der Waals surface area contributed by atoms with Crippen molar-refractivity contribution >= 4 is 15.5 Å². The third kappa shape index (κ3) is 3.14. The fourth-order valence-corrected chi connectivity index (χ4v) is 2.28. The van der Waals surface area contributed by atoms with Crippen LogP contribution in [0.3, 0.4) is 0 Å². The first-order valence-electron chi connectivity index (χ1n) is 5.64. The Bertz CT molecular complexity index is 692. The molecule has 0 aliphatic carbocycles. The zero-order valence-electron chi connectivity index (χ0n) is 10.6. The molecule has 0 aliphatic heterocycles. The summed E-state index contributed by atoms with van der Waals surface area (Å²) in [5.74, 6) is 0.181. The van der Waals surface area contributed by atoms with Crippen LogP contribution in [0.1, 0.15) is 11.3 Å². The van der Waals surface area contributed by atoms with Crippen molar-refractivity contribution in [2.45, 2.75) is 18.4 Å². The quantitative estimate of drug-likeness (QED) is 0.876.